The summed E-state index contributed by atoms with van der Waals surface area (Å²) in [5, 5.41) is 0. The van der Waals surface area contributed by atoms with Gasteiger partial charge < -0.3 is 14.5 Å². The van der Waals surface area contributed by atoms with E-state index in [0.717, 1.165) is 80.2 Å². The summed E-state index contributed by atoms with van der Waals surface area (Å²) < 4.78 is 32.5. The second-order valence-corrected chi connectivity index (χ2v) is 17.5. The van der Waals surface area contributed by atoms with Crippen molar-refractivity contribution in [3.63, 3.8) is 0 Å². The predicted molar refractivity (Wildman–Crippen MR) is 205 cm³/mol. The zero-order valence-corrected chi connectivity index (χ0v) is 32.3. The van der Waals surface area contributed by atoms with Gasteiger partial charge in [-0.25, -0.2) is 12.7 Å². The second kappa shape index (κ2) is 21.3. The number of para-hydroxylation sites is 1. The second-order valence-electron chi connectivity index (χ2n) is 14.3. The number of carbonyl (C=O) groups excluding carboxylic acids is 1. The largest absolute Gasteiger partial charge is 0.466 e. The Labute approximate surface area is 302 Å². The minimum Gasteiger partial charge on any atom is -0.466 e. The van der Waals surface area contributed by atoms with E-state index in [-0.39, 0.29) is 5.97 Å². The van der Waals surface area contributed by atoms with Crippen molar-refractivity contribution >= 4 is 39.1 Å². The van der Waals surface area contributed by atoms with Gasteiger partial charge in [-0.3, -0.25) is 4.79 Å². The van der Waals surface area contributed by atoms with Crippen molar-refractivity contribution in [3.05, 3.63) is 42.5 Å². The van der Waals surface area contributed by atoms with Crippen molar-refractivity contribution in [2.75, 3.05) is 51.8 Å². The van der Waals surface area contributed by atoms with E-state index in [1.54, 1.807) is 31.9 Å². The molecule has 49 heavy (non-hydrogen) atoms. The van der Waals surface area contributed by atoms with Gasteiger partial charge in [0.15, 0.2) is 0 Å². The van der Waals surface area contributed by atoms with Crippen LogP contribution in [0.3, 0.4) is 0 Å². The first-order chi connectivity index (χ1) is 23.8. The molecule has 0 N–H and O–H groups in total. The zero-order valence-electron chi connectivity index (χ0n) is 30.7. The third-order valence-corrected chi connectivity index (χ3v) is 13.1. The molecule has 0 unspecified atom stereocenters. The molecule has 0 amide bonds. The molecular weight excluding hydrogens is 651 g/mol. The lowest BCUT2D eigenvalue weighted by atomic mass is 9.94. The van der Waals surface area contributed by atoms with Gasteiger partial charge in [0.2, 0.25) is 10.0 Å². The van der Waals surface area contributed by atoms with E-state index in [9.17, 15) is 13.2 Å². The molecule has 4 rings (SSSR count). The fourth-order valence-corrected chi connectivity index (χ4v) is 9.21. The summed E-state index contributed by atoms with van der Waals surface area (Å²) in [4.78, 5) is 19.6. The summed E-state index contributed by atoms with van der Waals surface area (Å²) in [6, 6.07) is 13.9. The Balaban J connectivity index is 1.06. The number of anilines is 2. The number of fused-ring (bicyclic) bond motifs is 2. The summed E-state index contributed by atoms with van der Waals surface area (Å²) in [6.07, 6.45) is 22.0. The van der Waals surface area contributed by atoms with Gasteiger partial charge >= 0.3 is 5.97 Å². The number of hydrogen-bond acceptors (Lipinski definition) is 7. The van der Waals surface area contributed by atoms with Crippen molar-refractivity contribution in [1.82, 2.24) is 9.21 Å². The molecule has 0 bridgehead atoms. The molecule has 0 aromatic heterocycles. The molecule has 2 aromatic rings. The summed E-state index contributed by atoms with van der Waals surface area (Å²) in [7, 11) is -0.349. The highest BCUT2D eigenvalue weighted by Gasteiger charge is 2.27. The molecule has 2 aliphatic rings. The number of esters is 1. The van der Waals surface area contributed by atoms with Crippen LogP contribution in [0.2, 0.25) is 0 Å². The third kappa shape index (κ3) is 12.9. The van der Waals surface area contributed by atoms with Gasteiger partial charge in [-0.15, -0.1) is 0 Å². The average molecular weight is 714 g/mol. The topological polar surface area (TPSA) is 70.2 Å². The maximum Gasteiger partial charge on any atom is 0.305 e. The van der Waals surface area contributed by atoms with Crippen molar-refractivity contribution in [1.29, 1.82) is 0 Å². The molecule has 0 spiro atoms. The fourth-order valence-electron chi connectivity index (χ4n) is 7.08. The molecule has 2 heterocycles. The molecule has 0 saturated carbocycles. The number of piperidine rings is 1. The van der Waals surface area contributed by atoms with Gasteiger partial charge in [-0.2, -0.15) is 0 Å². The Bertz CT molecular complexity index is 1380. The minimum atomic E-state index is -3.49. The highest BCUT2D eigenvalue weighted by Crippen LogP contribution is 2.48. The summed E-state index contributed by atoms with van der Waals surface area (Å²) in [5.74, 6) is 0.612. The van der Waals surface area contributed by atoms with E-state index in [4.69, 9.17) is 4.74 Å². The molecule has 0 radical (unpaired) electrons. The van der Waals surface area contributed by atoms with Crippen LogP contribution in [-0.2, 0) is 19.6 Å². The lowest BCUT2D eigenvalue weighted by Crippen LogP contribution is -2.36. The molecule has 0 aliphatic carbocycles. The van der Waals surface area contributed by atoms with E-state index < -0.39 is 10.0 Å². The smallest absolute Gasteiger partial charge is 0.305 e. The maximum atomic E-state index is 12.8. The molecule has 1 fully saturated rings. The van der Waals surface area contributed by atoms with Gasteiger partial charge in [-0.05, 0) is 88.0 Å². The Hall–Kier alpha value is -2.07. The van der Waals surface area contributed by atoms with Crippen LogP contribution in [0.15, 0.2) is 57.2 Å². The van der Waals surface area contributed by atoms with Gasteiger partial charge in [-0.1, -0.05) is 108 Å². The Morgan fingerprint density at radius 1 is 0.796 bits per heavy atom. The number of rotatable bonds is 23. The molecule has 7 nitrogen and oxygen atoms in total. The number of unbranched alkanes of at least 4 members (excludes halogenated alkanes) is 12. The van der Waals surface area contributed by atoms with Gasteiger partial charge in [0.25, 0.3) is 0 Å². The molecule has 2 aliphatic heterocycles. The monoisotopic (exact) mass is 713 g/mol. The highest BCUT2D eigenvalue weighted by atomic mass is 32.2. The van der Waals surface area contributed by atoms with Crippen molar-refractivity contribution in [2.45, 2.75) is 137 Å². The normalized spacial score (nSPS) is 15.4. The first kappa shape index (κ1) is 39.7. The first-order valence-electron chi connectivity index (χ1n) is 19.3. The van der Waals surface area contributed by atoms with Crippen LogP contribution in [0.1, 0.15) is 122 Å². The SMILES string of the molecule is CCCCCCCCCCCCCCCC(=O)OCCC1CCN(CCCN2c3ccccc3Sc3cc(S(=O)(=O)N(C)C)ccc32)CC1. The van der Waals surface area contributed by atoms with E-state index >= 15 is 0 Å². The molecule has 1 saturated heterocycles. The minimum absolute atomic E-state index is 0.0182. The van der Waals surface area contributed by atoms with Gasteiger partial charge in [0.1, 0.15) is 0 Å². The van der Waals surface area contributed by atoms with Crippen molar-refractivity contribution in [3.8, 4) is 0 Å². The first-order valence-corrected chi connectivity index (χ1v) is 21.5. The molecule has 274 valence electrons. The number of benzene rings is 2. The quantitative estimate of drug-likeness (QED) is 0.0839. The third-order valence-electron chi connectivity index (χ3n) is 10.2. The summed E-state index contributed by atoms with van der Waals surface area (Å²) in [5.41, 5.74) is 2.26. The van der Waals surface area contributed by atoms with Gasteiger partial charge in [0, 0.05) is 36.9 Å². The fraction of sp³-hybridized carbons (Fsp3) is 0.675. The van der Waals surface area contributed by atoms with E-state index in [1.165, 1.54) is 80.6 Å². The number of carbonyl (C=O) groups is 1. The van der Waals surface area contributed by atoms with Crippen LogP contribution in [0.4, 0.5) is 11.4 Å². The molecule has 0 atom stereocenters. The summed E-state index contributed by atoms with van der Waals surface area (Å²) >= 11 is 1.64. The number of nitrogens with zero attached hydrogens (tertiary/aromatic N) is 3. The number of likely N-dealkylation sites (tertiary alicyclic amines) is 1. The van der Waals surface area contributed by atoms with Crippen LogP contribution in [0.25, 0.3) is 0 Å². The van der Waals surface area contributed by atoms with Gasteiger partial charge in [0.05, 0.1) is 22.9 Å². The van der Waals surface area contributed by atoms with E-state index in [2.05, 4.69) is 34.9 Å². The lowest BCUT2D eigenvalue weighted by Gasteiger charge is -2.35. The number of hydrogen-bond donors (Lipinski definition) is 0. The van der Waals surface area contributed by atoms with Crippen LogP contribution in [0, 0.1) is 5.92 Å². The zero-order chi connectivity index (χ0) is 34.9. The standard InChI is InChI=1S/C40H63N3O4S2/c1-4-5-6-7-8-9-10-11-12-13-14-15-16-22-40(44)47-32-27-34-25-30-42(31-26-34)28-19-29-43-36-20-17-18-21-38(36)48-39-33-35(23-24-37(39)43)49(45,46)41(2)3/h17-18,20-21,23-24,33-34H,4-16,19,22,25-32H2,1-3H3. The molecule has 9 heteroatoms. The number of ether oxygens (including phenoxy) is 1. The van der Waals surface area contributed by atoms with Crippen LogP contribution in [-0.4, -0.2) is 70.5 Å². The predicted octanol–water partition coefficient (Wildman–Crippen LogP) is 10.1. The average Bonchev–Trinajstić information content (AvgIpc) is 3.10. The molecule has 2 aromatic carbocycles. The van der Waals surface area contributed by atoms with Crippen LogP contribution >= 0.6 is 11.8 Å². The van der Waals surface area contributed by atoms with Crippen LogP contribution in [0.5, 0.6) is 0 Å². The van der Waals surface area contributed by atoms with E-state index in [0.29, 0.717) is 23.8 Å². The van der Waals surface area contributed by atoms with Crippen molar-refractivity contribution < 1.29 is 17.9 Å². The lowest BCUT2D eigenvalue weighted by molar-refractivity contribution is -0.144. The Kier molecular flexibility index (Phi) is 17.3. The number of sulfonamides is 1. The molecular formula is C40H63N3O4S2. The van der Waals surface area contributed by atoms with E-state index in [1.807, 2.05) is 18.2 Å². The Morgan fingerprint density at radius 3 is 2.06 bits per heavy atom. The Morgan fingerprint density at radius 2 is 1.41 bits per heavy atom. The maximum absolute atomic E-state index is 12.8. The summed E-state index contributed by atoms with van der Waals surface area (Å²) in [6.45, 7) is 6.93. The van der Waals surface area contributed by atoms with Crippen LogP contribution < -0.4 is 4.90 Å². The van der Waals surface area contributed by atoms with Crippen molar-refractivity contribution in [2.24, 2.45) is 5.92 Å². The highest BCUT2D eigenvalue weighted by molar-refractivity contribution is 7.99.